The quantitative estimate of drug-likeness (QED) is 0.832. The Morgan fingerprint density at radius 1 is 1.15 bits per heavy atom. The van der Waals surface area contributed by atoms with Crippen molar-refractivity contribution in [3.8, 4) is 0 Å². The molecule has 5 heteroatoms. The van der Waals surface area contributed by atoms with Crippen LogP contribution in [0.5, 0.6) is 0 Å². The number of carbonyl (C=O) groups excluding carboxylic acids is 2. The van der Waals surface area contributed by atoms with E-state index in [9.17, 15) is 9.59 Å². The third-order valence-electron chi connectivity index (χ3n) is 6.83. The van der Waals surface area contributed by atoms with E-state index >= 15 is 0 Å². The van der Waals surface area contributed by atoms with Gasteiger partial charge < -0.3 is 15.0 Å². The molecule has 0 saturated heterocycles. The molecule has 4 bridgehead atoms. The molecule has 0 radical (unpaired) electrons. The summed E-state index contributed by atoms with van der Waals surface area (Å²) in [6, 6.07) is 9.81. The lowest BCUT2D eigenvalue weighted by Gasteiger charge is -2.60. The molecule has 5 nitrogen and oxygen atoms in total. The third kappa shape index (κ3) is 2.29. The lowest BCUT2D eigenvalue weighted by molar-refractivity contribution is -0.171. The molecular formula is C21H24N2O3. The number of benzene rings is 1. The summed E-state index contributed by atoms with van der Waals surface area (Å²) >= 11 is 0. The summed E-state index contributed by atoms with van der Waals surface area (Å²) in [6.45, 7) is 0. The van der Waals surface area contributed by atoms with Crippen molar-refractivity contribution in [1.82, 2.24) is 10.3 Å². The second-order valence-corrected chi connectivity index (χ2v) is 8.74. The van der Waals surface area contributed by atoms with Gasteiger partial charge in [-0.3, -0.25) is 9.59 Å². The van der Waals surface area contributed by atoms with Gasteiger partial charge in [0.15, 0.2) is 0 Å². The number of hydrogen-bond acceptors (Lipinski definition) is 3. The number of H-pyrrole nitrogens is 1. The Kier molecular flexibility index (Phi) is 3.27. The zero-order valence-corrected chi connectivity index (χ0v) is 15.0. The largest absolute Gasteiger partial charge is 0.469 e. The highest BCUT2D eigenvalue weighted by Gasteiger charge is 2.61. The molecule has 2 aromatic rings. The van der Waals surface area contributed by atoms with Crippen molar-refractivity contribution < 1.29 is 14.3 Å². The maximum atomic E-state index is 13.0. The van der Waals surface area contributed by atoms with Gasteiger partial charge in [0.1, 0.15) is 5.69 Å². The number of esters is 1. The van der Waals surface area contributed by atoms with Gasteiger partial charge in [0.2, 0.25) is 0 Å². The Morgan fingerprint density at radius 2 is 1.88 bits per heavy atom. The second kappa shape index (κ2) is 5.35. The first-order chi connectivity index (χ1) is 12.5. The zero-order valence-electron chi connectivity index (χ0n) is 15.0. The van der Waals surface area contributed by atoms with Crippen molar-refractivity contribution in [2.45, 2.75) is 44.1 Å². The number of carbonyl (C=O) groups is 2. The number of ether oxygens (including phenoxy) is 1. The van der Waals surface area contributed by atoms with Gasteiger partial charge >= 0.3 is 5.97 Å². The van der Waals surface area contributed by atoms with Gasteiger partial charge in [-0.2, -0.15) is 0 Å². The molecule has 0 spiro atoms. The van der Waals surface area contributed by atoms with E-state index in [1.165, 1.54) is 13.5 Å². The van der Waals surface area contributed by atoms with E-state index in [1.54, 1.807) is 0 Å². The minimum Gasteiger partial charge on any atom is -0.469 e. The minimum atomic E-state index is -0.396. The van der Waals surface area contributed by atoms with Crippen LogP contribution >= 0.6 is 0 Å². The molecule has 26 heavy (non-hydrogen) atoms. The average Bonchev–Trinajstić information content (AvgIpc) is 3.04. The van der Waals surface area contributed by atoms with Crippen LogP contribution in [-0.4, -0.2) is 29.5 Å². The molecule has 0 aliphatic heterocycles. The molecule has 4 saturated carbocycles. The monoisotopic (exact) mass is 352 g/mol. The summed E-state index contributed by atoms with van der Waals surface area (Å²) in [5, 5.41) is 4.36. The fourth-order valence-corrected chi connectivity index (χ4v) is 6.37. The predicted molar refractivity (Wildman–Crippen MR) is 97.6 cm³/mol. The van der Waals surface area contributed by atoms with E-state index in [-0.39, 0.29) is 17.4 Å². The number of fused-ring (bicyclic) bond motifs is 1. The highest BCUT2D eigenvalue weighted by atomic mass is 16.5. The minimum absolute atomic E-state index is 0.0665. The summed E-state index contributed by atoms with van der Waals surface area (Å²) in [6.07, 6.45) is 5.69. The van der Waals surface area contributed by atoms with E-state index in [0.29, 0.717) is 24.0 Å². The van der Waals surface area contributed by atoms with Gasteiger partial charge in [-0.1, -0.05) is 18.2 Å². The summed E-state index contributed by atoms with van der Waals surface area (Å²) in [7, 11) is 1.48. The maximum absolute atomic E-state index is 13.0. The van der Waals surface area contributed by atoms with Gasteiger partial charge in [0.25, 0.3) is 5.91 Å². The van der Waals surface area contributed by atoms with Crippen LogP contribution in [0.2, 0.25) is 0 Å². The van der Waals surface area contributed by atoms with Gasteiger partial charge in [-0.25, -0.2) is 0 Å². The summed E-state index contributed by atoms with van der Waals surface area (Å²) in [5.74, 6) is 0.871. The second-order valence-electron chi connectivity index (χ2n) is 8.74. The van der Waals surface area contributed by atoms with Gasteiger partial charge in [-0.05, 0) is 62.5 Å². The van der Waals surface area contributed by atoms with Gasteiger partial charge in [0, 0.05) is 16.4 Å². The average molecular weight is 352 g/mol. The number of hydrogen-bond donors (Lipinski definition) is 2. The molecule has 4 fully saturated rings. The van der Waals surface area contributed by atoms with Crippen LogP contribution in [0.3, 0.4) is 0 Å². The molecule has 4 aliphatic rings. The molecule has 1 amide bonds. The van der Waals surface area contributed by atoms with Crippen molar-refractivity contribution in [2.24, 2.45) is 17.3 Å². The molecule has 0 unspecified atom stereocenters. The fraction of sp³-hybridized carbons (Fsp3) is 0.524. The van der Waals surface area contributed by atoms with Crippen LogP contribution in [0.4, 0.5) is 0 Å². The lowest BCUT2D eigenvalue weighted by atomic mass is 9.47. The molecule has 136 valence electrons. The Balaban J connectivity index is 1.44. The van der Waals surface area contributed by atoms with Crippen molar-refractivity contribution >= 4 is 22.8 Å². The standard InChI is InChI=1S/C21H24N2O3/c1-26-19(25)20-8-13-6-14(9-20)11-21(10-13,12-20)23-18(24)17-7-15-4-2-3-5-16(15)22-17/h2-5,7,13-14,22H,6,8-12H2,1H3,(H,23,24)/t13-,14-,20?,21?/m0/s1. The zero-order chi connectivity index (χ0) is 17.9. The van der Waals surface area contributed by atoms with Crippen molar-refractivity contribution in [3.05, 3.63) is 36.0 Å². The normalized spacial score (nSPS) is 34.8. The number of rotatable bonds is 3. The van der Waals surface area contributed by atoms with E-state index in [1.807, 2.05) is 30.3 Å². The van der Waals surface area contributed by atoms with Gasteiger partial charge in [-0.15, -0.1) is 0 Å². The number of aromatic nitrogens is 1. The molecule has 2 atom stereocenters. The Labute approximate surface area is 152 Å². The fourth-order valence-electron chi connectivity index (χ4n) is 6.37. The Bertz CT molecular complexity index is 853. The SMILES string of the molecule is COC(=O)C12C[C@@H]3C[C@H](CC(NC(=O)c4cc5ccccc5[nH]4)(C3)C1)C2. The molecule has 1 heterocycles. The van der Waals surface area contributed by atoms with Gasteiger partial charge in [0.05, 0.1) is 12.5 Å². The van der Waals surface area contributed by atoms with Crippen LogP contribution in [0, 0.1) is 17.3 Å². The van der Waals surface area contributed by atoms with E-state index in [0.717, 1.165) is 36.6 Å². The summed E-state index contributed by atoms with van der Waals surface area (Å²) < 4.78 is 5.15. The molecule has 1 aromatic heterocycles. The maximum Gasteiger partial charge on any atom is 0.311 e. The summed E-state index contributed by atoms with van der Waals surface area (Å²) in [4.78, 5) is 28.7. The van der Waals surface area contributed by atoms with E-state index < -0.39 is 5.41 Å². The molecule has 2 N–H and O–H groups in total. The first-order valence-electron chi connectivity index (χ1n) is 9.50. The molecular weight excluding hydrogens is 328 g/mol. The van der Waals surface area contributed by atoms with Crippen LogP contribution in [0.15, 0.2) is 30.3 Å². The van der Waals surface area contributed by atoms with Crippen LogP contribution in [-0.2, 0) is 9.53 Å². The number of nitrogens with one attached hydrogen (secondary N) is 2. The van der Waals surface area contributed by atoms with E-state index in [2.05, 4.69) is 10.3 Å². The number of methoxy groups -OCH3 is 1. The first kappa shape index (κ1) is 15.9. The molecule has 4 aliphatic carbocycles. The smallest absolute Gasteiger partial charge is 0.311 e. The lowest BCUT2D eigenvalue weighted by Crippen LogP contribution is -2.64. The van der Waals surface area contributed by atoms with Crippen molar-refractivity contribution in [3.63, 3.8) is 0 Å². The summed E-state index contributed by atoms with van der Waals surface area (Å²) in [5.41, 5.74) is 0.891. The number of aromatic amines is 1. The molecule has 1 aromatic carbocycles. The van der Waals surface area contributed by atoms with Crippen LogP contribution in [0.1, 0.15) is 49.0 Å². The topological polar surface area (TPSA) is 71.2 Å². The van der Waals surface area contributed by atoms with Crippen LogP contribution < -0.4 is 5.32 Å². The predicted octanol–water partition coefficient (Wildman–Crippen LogP) is 3.41. The third-order valence-corrected chi connectivity index (χ3v) is 6.83. The van der Waals surface area contributed by atoms with Crippen LogP contribution in [0.25, 0.3) is 10.9 Å². The van der Waals surface area contributed by atoms with E-state index in [4.69, 9.17) is 4.74 Å². The first-order valence-corrected chi connectivity index (χ1v) is 9.50. The highest BCUT2D eigenvalue weighted by molar-refractivity contribution is 5.98. The number of para-hydroxylation sites is 1. The molecule has 6 rings (SSSR count). The Hall–Kier alpha value is -2.30. The Morgan fingerprint density at radius 3 is 2.58 bits per heavy atom. The van der Waals surface area contributed by atoms with Crippen molar-refractivity contribution in [2.75, 3.05) is 7.11 Å². The number of amides is 1. The highest BCUT2D eigenvalue weighted by Crippen LogP contribution is 2.62. The van der Waals surface area contributed by atoms with Crippen molar-refractivity contribution in [1.29, 1.82) is 0 Å².